The molecule has 2 atom stereocenters. The topological polar surface area (TPSA) is 101 Å². The number of carbonyl (C=O) groups is 1. The molecule has 0 rings (SSSR count). The second-order valence-electron chi connectivity index (χ2n) is 2.18. The average molecular weight is 167 g/mol. The third-order valence-electron chi connectivity index (χ3n) is 0.853. The number of nitrogens with two attached hydrogens (primary N) is 1. The highest BCUT2D eigenvalue weighted by molar-refractivity contribution is 7.57. The Morgan fingerprint density at radius 3 is 2.30 bits per heavy atom. The predicted molar refractivity (Wildman–Crippen MR) is 36.2 cm³/mol. The Balaban J connectivity index is 3.93. The first-order valence-corrected chi connectivity index (χ1v) is 4.90. The number of hydrogen-bond acceptors (Lipinski definition) is 3. The number of rotatable bonds is 3. The van der Waals surface area contributed by atoms with Gasteiger partial charge in [-0.1, -0.05) is 0 Å². The highest BCUT2D eigenvalue weighted by Crippen LogP contribution is 2.35. The number of aliphatic carboxylic acids is 1. The highest BCUT2D eigenvalue weighted by Gasteiger charge is 2.20. The summed E-state index contributed by atoms with van der Waals surface area (Å²) in [7, 11) is -3.28. The van der Waals surface area contributed by atoms with E-state index in [9.17, 15) is 9.36 Å². The summed E-state index contributed by atoms with van der Waals surface area (Å²) in [6.07, 6.45) is -0.373. The van der Waals surface area contributed by atoms with Gasteiger partial charge in [-0.2, -0.15) is 0 Å². The molecule has 0 aromatic carbocycles. The highest BCUT2D eigenvalue weighted by atomic mass is 31.2. The van der Waals surface area contributed by atoms with Crippen LogP contribution < -0.4 is 5.73 Å². The second kappa shape index (κ2) is 3.14. The van der Waals surface area contributed by atoms with Crippen molar-refractivity contribution in [3.8, 4) is 0 Å². The van der Waals surface area contributed by atoms with Crippen molar-refractivity contribution in [2.45, 2.75) is 6.04 Å². The van der Waals surface area contributed by atoms with E-state index >= 15 is 0 Å². The summed E-state index contributed by atoms with van der Waals surface area (Å²) < 4.78 is 10.5. The van der Waals surface area contributed by atoms with Gasteiger partial charge < -0.3 is 15.7 Å². The van der Waals surface area contributed by atoms with Crippen LogP contribution in [0.5, 0.6) is 0 Å². The van der Waals surface area contributed by atoms with Gasteiger partial charge in [0, 0.05) is 6.66 Å². The molecule has 0 spiro atoms. The van der Waals surface area contributed by atoms with Crippen LogP contribution in [0.2, 0.25) is 0 Å². The van der Waals surface area contributed by atoms with Crippen LogP contribution >= 0.6 is 7.37 Å². The summed E-state index contributed by atoms with van der Waals surface area (Å²) in [4.78, 5) is 18.7. The molecule has 0 aromatic heterocycles. The molecule has 0 amide bonds. The molecule has 0 heterocycles. The minimum atomic E-state index is -3.28. The summed E-state index contributed by atoms with van der Waals surface area (Å²) in [6, 6.07) is -1.24. The molecule has 0 aliphatic carbocycles. The minimum absolute atomic E-state index is 0.373. The van der Waals surface area contributed by atoms with Crippen LogP contribution in [-0.2, 0) is 9.36 Å². The maximum atomic E-state index is 10.5. The molecule has 0 aromatic rings. The lowest BCUT2D eigenvalue weighted by Crippen LogP contribution is -2.33. The van der Waals surface area contributed by atoms with Crippen LogP contribution in [0.1, 0.15) is 0 Å². The lowest BCUT2D eigenvalue weighted by atomic mass is 10.4. The van der Waals surface area contributed by atoms with Crippen LogP contribution in [0.15, 0.2) is 0 Å². The molecule has 0 radical (unpaired) electrons. The largest absolute Gasteiger partial charge is 0.480 e. The normalized spacial score (nSPS) is 19.5. The monoisotopic (exact) mass is 167 g/mol. The molecule has 5 nitrogen and oxygen atoms in total. The Kier molecular flexibility index (Phi) is 3.02. The number of carboxylic acid groups (broad SMARTS) is 1. The third kappa shape index (κ3) is 4.49. The first-order valence-electron chi connectivity index (χ1n) is 2.60. The molecule has 6 heteroatoms. The van der Waals surface area contributed by atoms with E-state index < -0.39 is 19.4 Å². The molecule has 1 unspecified atom stereocenters. The summed E-state index contributed by atoms with van der Waals surface area (Å²) in [5.41, 5.74) is 4.97. The summed E-state index contributed by atoms with van der Waals surface area (Å²) in [5.74, 6) is -1.25. The van der Waals surface area contributed by atoms with Gasteiger partial charge in [0.05, 0.1) is 6.16 Å². The maximum Gasteiger partial charge on any atom is 0.321 e. The van der Waals surface area contributed by atoms with E-state index in [4.69, 9.17) is 15.7 Å². The van der Waals surface area contributed by atoms with Gasteiger partial charge in [-0.05, 0) is 0 Å². The van der Waals surface area contributed by atoms with E-state index in [1.165, 1.54) is 0 Å². The first kappa shape index (κ1) is 9.62. The van der Waals surface area contributed by atoms with Crippen LogP contribution in [-0.4, -0.2) is 34.8 Å². The predicted octanol–water partition coefficient (Wildman–Crippen LogP) is -0.702. The zero-order chi connectivity index (χ0) is 8.36. The Morgan fingerprint density at radius 1 is 1.80 bits per heavy atom. The van der Waals surface area contributed by atoms with Crippen LogP contribution in [0.4, 0.5) is 0 Å². The smallest absolute Gasteiger partial charge is 0.321 e. The molecule has 0 aliphatic heterocycles. The second-order valence-corrected chi connectivity index (χ2v) is 4.65. The van der Waals surface area contributed by atoms with E-state index in [0.717, 1.165) is 6.66 Å². The zero-order valence-corrected chi connectivity index (χ0v) is 6.41. The molecule has 0 saturated carbocycles. The Labute approximate surface area is 58.3 Å². The minimum Gasteiger partial charge on any atom is -0.480 e. The van der Waals surface area contributed by atoms with Crippen LogP contribution in [0, 0.1) is 0 Å². The molecule has 0 saturated heterocycles. The quantitative estimate of drug-likeness (QED) is 0.482. The van der Waals surface area contributed by atoms with Crippen LogP contribution in [0.3, 0.4) is 0 Å². The Morgan fingerprint density at radius 2 is 2.20 bits per heavy atom. The number of carboxylic acids is 1. The molecule has 0 bridgehead atoms. The van der Waals surface area contributed by atoms with Crippen molar-refractivity contribution in [1.82, 2.24) is 0 Å². The standard InChI is InChI=1S/C4H10NO4P/c1-10(8,9)2-3(5)4(6)7/h3H,2,5H2,1H3,(H,6,7)(H,8,9)/t3-/m0/s1. The Bertz CT molecular complexity index is 174. The molecule has 0 fully saturated rings. The van der Waals surface area contributed by atoms with Crippen molar-refractivity contribution in [1.29, 1.82) is 0 Å². The van der Waals surface area contributed by atoms with Gasteiger partial charge >= 0.3 is 5.97 Å². The van der Waals surface area contributed by atoms with Crippen molar-refractivity contribution in [3.05, 3.63) is 0 Å². The average Bonchev–Trinajstić information content (AvgIpc) is 1.60. The van der Waals surface area contributed by atoms with Crippen molar-refractivity contribution >= 4 is 13.3 Å². The van der Waals surface area contributed by atoms with Gasteiger partial charge in [0.25, 0.3) is 0 Å². The summed E-state index contributed by atoms with van der Waals surface area (Å²) >= 11 is 0. The van der Waals surface area contributed by atoms with Gasteiger partial charge in [-0.25, -0.2) is 0 Å². The fourth-order valence-electron chi connectivity index (χ4n) is 0.443. The maximum absolute atomic E-state index is 10.5. The van der Waals surface area contributed by atoms with Crippen molar-refractivity contribution < 1.29 is 19.4 Å². The third-order valence-corrected chi connectivity index (χ3v) is 1.92. The van der Waals surface area contributed by atoms with Gasteiger partial charge in [-0.15, -0.1) is 0 Å². The molecule has 60 valence electrons. The Hall–Kier alpha value is -0.380. The molecule has 10 heavy (non-hydrogen) atoms. The van der Waals surface area contributed by atoms with Gasteiger partial charge in [0.2, 0.25) is 0 Å². The van der Waals surface area contributed by atoms with Gasteiger partial charge in [0.1, 0.15) is 6.04 Å². The lowest BCUT2D eigenvalue weighted by molar-refractivity contribution is -0.138. The van der Waals surface area contributed by atoms with Crippen molar-refractivity contribution in [2.24, 2.45) is 5.73 Å². The SMILES string of the molecule is CP(=O)(O)C[C@H](N)C(=O)O. The van der Waals surface area contributed by atoms with E-state index in [1.54, 1.807) is 0 Å². The van der Waals surface area contributed by atoms with E-state index in [0.29, 0.717) is 0 Å². The van der Waals surface area contributed by atoms with E-state index in [2.05, 4.69) is 0 Å². The lowest BCUT2D eigenvalue weighted by Gasteiger charge is -2.07. The molecular weight excluding hydrogens is 157 g/mol. The summed E-state index contributed by atoms with van der Waals surface area (Å²) in [6.45, 7) is 1.08. The van der Waals surface area contributed by atoms with Crippen molar-refractivity contribution in [2.75, 3.05) is 12.8 Å². The van der Waals surface area contributed by atoms with Crippen molar-refractivity contribution in [3.63, 3.8) is 0 Å². The van der Waals surface area contributed by atoms with E-state index in [-0.39, 0.29) is 6.16 Å². The van der Waals surface area contributed by atoms with E-state index in [1.807, 2.05) is 0 Å². The van der Waals surface area contributed by atoms with Gasteiger partial charge in [-0.3, -0.25) is 9.36 Å². The molecule has 4 N–H and O–H groups in total. The fraction of sp³-hybridized carbons (Fsp3) is 0.750. The zero-order valence-electron chi connectivity index (χ0n) is 5.52. The molecule has 0 aliphatic rings. The molecular formula is C4H10NO4P. The first-order chi connectivity index (χ1) is 4.33. The summed E-state index contributed by atoms with van der Waals surface area (Å²) in [5, 5.41) is 8.19. The van der Waals surface area contributed by atoms with Gasteiger partial charge in [0.15, 0.2) is 7.37 Å². The van der Waals surface area contributed by atoms with Crippen LogP contribution in [0.25, 0.3) is 0 Å². The fourth-order valence-corrected chi connectivity index (χ4v) is 1.33. The number of hydrogen-bond donors (Lipinski definition) is 3.